The highest BCUT2D eigenvalue weighted by Gasteiger charge is 2.41. The van der Waals surface area contributed by atoms with Crippen LogP contribution in [0, 0.1) is 34.6 Å². The fourth-order valence-corrected chi connectivity index (χ4v) is 38.0. The van der Waals surface area contributed by atoms with Crippen molar-refractivity contribution in [2.75, 3.05) is 0 Å². The van der Waals surface area contributed by atoms with Crippen LogP contribution in [-0.2, 0) is 44.4 Å². The average Bonchev–Trinajstić information content (AvgIpc) is 0.824. The van der Waals surface area contributed by atoms with Gasteiger partial charge in [0.15, 0.2) is 24.8 Å². The van der Waals surface area contributed by atoms with Gasteiger partial charge in [-0.2, -0.15) is 0 Å². The summed E-state index contributed by atoms with van der Waals surface area (Å²) >= 11 is 0. The molecule has 0 atom stereocenters. The van der Waals surface area contributed by atoms with E-state index < -0.39 is 32.3 Å². The number of rotatable bonds is 14. The van der Waals surface area contributed by atoms with Crippen LogP contribution in [-0.4, -0.2) is 32.3 Å². The number of aryl methyl sites for hydroxylation is 7. The summed E-state index contributed by atoms with van der Waals surface area (Å²) < 4.78 is 9.32. The molecule has 6 aliphatic rings. The summed E-state index contributed by atoms with van der Waals surface area (Å²) in [4.78, 5) is 0. The van der Waals surface area contributed by atoms with Gasteiger partial charge in [-0.25, -0.2) is 18.3 Å². The molecule has 6 saturated carbocycles. The zero-order valence-electron chi connectivity index (χ0n) is 84.0. The second kappa shape index (κ2) is 37.5. The van der Waals surface area contributed by atoms with Gasteiger partial charge in [0.1, 0.15) is 28.2 Å². The molecule has 0 radical (unpaired) electrons. The summed E-state index contributed by atoms with van der Waals surface area (Å²) in [5.74, 6) is 1.50. The molecule has 0 N–H and O–H groups in total. The first-order chi connectivity index (χ1) is 60.1. The molecule has 12 aromatic rings. The first-order valence-electron chi connectivity index (χ1n) is 50.3. The Balaban J connectivity index is 0.000000131. The zero-order valence-corrected chi connectivity index (χ0v) is 88.0. The quantitative estimate of drug-likeness (QED) is 0.0762. The van der Waals surface area contributed by atoms with E-state index in [4.69, 9.17) is 0 Å². The predicted octanol–water partition coefficient (Wildman–Crippen LogP) is 29.5. The van der Waals surface area contributed by atoms with E-state index in [1.54, 1.807) is 31.9 Å². The molecular formula is C119H162N4Si4+4. The van der Waals surface area contributed by atoms with Gasteiger partial charge >= 0.3 is 0 Å². The lowest BCUT2D eigenvalue weighted by Gasteiger charge is -2.30. The lowest BCUT2D eigenvalue weighted by molar-refractivity contribution is -0.659. The molecule has 0 spiro atoms. The van der Waals surface area contributed by atoms with Crippen LogP contribution in [0.4, 0.5) is 0 Å². The van der Waals surface area contributed by atoms with Gasteiger partial charge in [-0.05, 0) is 236 Å². The minimum atomic E-state index is -1.46. The van der Waals surface area contributed by atoms with E-state index in [2.05, 4.69) is 378 Å². The van der Waals surface area contributed by atoms with Crippen molar-refractivity contribution in [3.05, 3.63) is 238 Å². The van der Waals surface area contributed by atoms with Gasteiger partial charge in [-0.15, -0.1) is 0 Å². The molecule has 6 aliphatic carbocycles. The van der Waals surface area contributed by atoms with Crippen molar-refractivity contribution in [3.63, 3.8) is 0 Å². The third-order valence-electron chi connectivity index (χ3n) is 33.8. The molecule has 18 rings (SSSR count). The summed E-state index contributed by atoms with van der Waals surface area (Å²) in [5, 5.41) is 17.7. The largest absolute Gasteiger partial charge is 0.220 e. The molecule has 4 aromatic heterocycles. The minimum Gasteiger partial charge on any atom is -0.200 e. The normalized spacial score (nSPS) is 17.1. The molecular weight excluding hydrogens is 1600 g/mol. The Bertz CT molecular complexity index is 6010. The molecule has 0 amide bonds. The van der Waals surface area contributed by atoms with Crippen LogP contribution in [0.1, 0.15) is 284 Å². The number of hydrogen-bond donors (Lipinski definition) is 0. The standard InChI is InChI=1S/C32H46NSi.C30H40NSi.C29H38NSi.C28H38NSi/c1-22-28(20-24(31(2,3)4)21-29(22)32(5,6)7)30-27-16-15-26(19-23(27)17-18-33(30)8)34(9,10)25-13-11-12-14-25;1-21-18-25(23-10-6-7-11-23)20-29(22(21)2)30-28-15-14-27(19-24(28)16-17-31(30)3)32(4,5)26-12-8-9-13-26;1-21-13-14-23(22-9-5-6-10-22)20-28(21)29-27-16-15-26(19-24(27)17-18-30(29)2)31(3,4)25-11-7-8-12-25;1-20-12-13-22(28(2,3)4)19-26(20)27-25-15-14-24(18-21(25)16-17-29(27)5)30(6,7)23-10-8-9-11-23/h15-21,25H,11-14H2,1-10H3;14-20,23,26H,6-13H2,1-5H3;13-20,22,25H,5-12H2,1-4H3;12-19,23H,8-11H2,1-7H3/q4*+1. The first-order valence-corrected chi connectivity index (χ1v) is 62.6. The Hall–Kier alpha value is -7.73. The number of aromatic nitrogens is 4. The van der Waals surface area contributed by atoms with Crippen molar-refractivity contribution < 1.29 is 18.3 Å². The molecule has 0 saturated heterocycles. The Morgan fingerprint density at radius 3 is 0.866 bits per heavy atom. The Morgan fingerprint density at radius 1 is 0.252 bits per heavy atom. The Kier molecular flexibility index (Phi) is 27.7. The second-order valence-electron chi connectivity index (χ2n) is 46.6. The Morgan fingerprint density at radius 2 is 0.535 bits per heavy atom. The van der Waals surface area contributed by atoms with Crippen molar-refractivity contribution in [2.45, 2.75) is 354 Å². The van der Waals surface area contributed by atoms with Gasteiger partial charge < -0.3 is 0 Å². The number of fused-ring (bicyclic) bond motifs is 4. The van der Waals surface area contributed by atoms with Crippen LogP contribution in [0.25, 0.3) is 88.1 Å². The van der Waals surface area contributed by atoms with E-state index >= 15 is 0 Å². The monoisotopic (exact) mass is 1760 g/mol. The summed E-state index contributed by atoms with van der Waals surface area (Å²) in [6.45, 7) is 53.2. The highest BCUT2D eigenvalue weighted by molar-refractivity contribution is 6.92. The summed E-state index contributed by atoms with van der Waals surface area (Å²) in [5.41, 5.74) is 29.5. The number of nitrogens with zero attached hydrogens (tertiary/aromatic N) is 4. The second-order valence-corrected chi connectivity index (χ2v) is 66.0. The maximum atomic E-state index is 2.60. The van der Waals surface area contributed by atoms with E-state index in [1.165, 1.54) is 287 Å². The average molecular weight is 1760 g/mol. The highest BCUT2D eigenvalue weighted by atomic mass is 28.3. The molecule has 670 valence electrons. The number of hydrogen-bond acceptors (Lipinski definition) is 0. The molecule has 0 bridgehead atoms. The molecule has 8 heteroatoms. The molecule has 4 heterocycles. The summed E-state index contributed by atoms with van der Waals surface area (Å²) in [6.07, 6.45) is 43.0. The van der Waals surface area contributed by atoms with Crippen LogP contribution in [0.15, 0.2) is 183 Å². The van der Waals surface area contributed by atoms with Crippen LogP contribution >= 0.6 is 0 Å². The fourth-order valence-electron chi connectivity index (χ4n) is 24.5. The topological polar surface area (TPSA) is 15.5 Å². The summed E-state index contributed by atoms with van der Waals surface area (Å²) in [7, 11) is 3.09. The van der Waals surface area contributed by atoms with Gasteiger partial charge in [0, 0.05) is 35.4 Å². The highest BCUT2D eigenvalue weighted by Crippen LogP contribution is 2.47. The molecule has 127 heavy (non-hydrogen) atoms. The van der Waals surface area contributed by atoms with Crippen molar-refractivity contribution in [1.82, 2.24) is 0 Å². The summed E-state index contributed by atoms with van der Waals surface area (Å²) in [6, 6.07) is 63.2. The first kappa shape index (κ1) is 93.9. The molecule has 4 nitrogen and oxygen atoms in total. The van der Waals surface area contributed by atoms with Crippen LogP contribution in [0.2, 0.25) is 74.5 Å². The number of benzene rings is 8. The third-order valence-corrected chi connectivity index (χ3v) is 51.5. The van der Waals surface area contributed by atoms with E-state index in [-0.39, 0.29) is 16.2 Å². The van der Waals surface area contributed by atoms with Crippen LogP contribution < -0.4 is 39.0 Å². The SMILES string of the molecule is Cc1c(-c2c3ccc([Si](C)(C)C4CCCC4)cc3cc[n+]2C)cc(C(C)(C)C)cc1C(C)(C)C.Cc1cc(C2CCCC2)cc(-c2c3ccc([Si](C)(C)C4CCCC4)cc3cc[n+]2C)c1C.Cc1ccc(C(C)(C)C)cc1-c1c2ccc([Si](C)(C)C3CCCC3)cc2cc[n+]1C.Cc1ccc(C2CCCC2)cc1-c1c2ccc([Si](C)(C)C3CCCC3)cc2cc[n+]1C. The van der Waals surface area contributed by atoms with E-state index in [0.29, 0.717) is 0 Å². The maximum absolute atomic E-state index is 2.60. The van der Waals surface area contributed by atoms with Crippen molar-refractivity contribution in [1.29, 1.82) is 0 Å². The van der Waals surface area contributed by atoms with E-state index in [1.807, 2.05) is 0 Å². The Labute approximate surface area is 773 Å². The molecule has 6 fully saturated rings. The lowest BCUT2D eigenvalue weighted by atomic mass is 9.76. The third kappa shape index (κ3) is 19.5. The predicted molar refractivity (Wildman–Crippen MR) is 562 cm³/mol. The van der Waals surface area contributed by atoms with Crippen molar-refractivity contribution in [2.24, 2.45) is 28.2 Å². The molecule has 0 aliphatic heterocycles. The van der Waals surface area contributed by atoms with Gasteiger partial charge in [0.05, 0.1) is 65.0 Å². The van der Waals surface area contributed by atoms with Crippen LogP contribution in [0.3, 0.4) is 0 Å². The van der Waals surface area contributed by atoms with E-state index in [0.717, 1.165) is 34.0 Å². The fraction of sp³-hybridized carbons (Fsp3) is 0.496. The smallest absolute Gasteiger partial charge is 0.200 e. The van der Waals surface area contributed by atoms with Gasteiger partial charge in [0.2, 0.25) is 22.8 Å². The minimum absolute atomic E-state index is 0.104. The van der Waals surface area contributed by atoms with Crippen molar-refractivity contribution in [3.8, 4) is 45.0 Å². The lowest BCUT2D eigenvalue weighted by Crippen LogP contribution is -2.45. The van der Waals surface area contributed by atoms with E-state index in [9.17, 15) is 0 Å². The zero-order chi connectivity index (χ0) is 90.8. The van der Waals surface area contributed by atoms with Crippen LogP contribution in [0.5, 0.6) is 0 Å². The number of pyridine rings is 4. The van der Waals surface area contributed by atoms with Crippen molar-refractivity contribution >= 4 is 96.1 Å². The molecule has 8 aromatic carbocycles. The van der Waals surface area contributed by atoms with Gasteiger partial charge in [0.25, 0.3) is 0 Å². The van der Waals surface area contributed by atoms with Gasteiger partial charge in [-0.1, -0.05) is 349 Å². The maximum Gasteiger partial charge on any atom is 0.220 e. The molecule has 0 unspecified atom stereocenters. The van der Waals surface area contributed by atoms with Gasteiger partial charge in [-0.3, -0.25) is 0 Å².